The van der Waals surface area contributed by atoms with E-state index in [1.807, 2.05) is 0 Å². The van der Waals surface area contributed by atoms with Gasteiger partial charge in [-0.05, 0) is 55.0 Å². The first kappa shape index (κ1) is 38.6. The first-order chi connectivity index (χ1) is 26.6. The van der Waals surface area contributed by atoms with Crippen molar-refractivity contribution in [3.8, 4) is 22.6 Å². The van der Waals surface area contributed by atoms with Gasteiger partial charge < -0.3 is 10.1 Å². The van der Waals surface area contributed by atoms with Gasteiger partial charge in [-0.1, -0.05) is 86.1 Å². The molecule has 3 aromatic carbocycles. The Hall–Kier alpha value is -5.71. The third kappa shape index (κ3) is 7.46. The molecule has 1 aliphatic carbocycles. The number of carbonyl (C=O) groups excluding carboxylic acids is 2. The minimum Gasteiger partial charge on any atom is -0.443 e. The van der Waals surface area contributed by atoms with Gasteiger partial charge in [-0.3, -0.25) is 9.69 Å². The van der Waals surface area contributed by atoms with Crippen molar-refractivity contribution in [3.05, 3.63) is 114 Å². The number of hydrogen-bond donors (Lipinski definition) is 1. The molecule has 3 heterocycles. The van der Waals surface area contributed by atoms with Crippen molar-refractivity contribution in [2.75, 3.05) is 0 Å². The minimum atomic E-state index is -4.78. The van der Waals surface area contributed by atoms with Gasteiger partial charge in [-0.2, -0.15) is 46.7 Å². The molecule has 2 amide bonds. The summed E-state index contributed by atoms with van der Waals surface area (Å²) in [6, 6.07) is 18.0. The molecule has 0 bridgehead atoms. The first-order valence-corrected chi connectivity index (χ1v) is 17.8. The summed E-state index contributed by atoms with van der Waals surface area (Å²) >= 11 is 6.42. The standard InChI is InChI=1S/C38H34ClF5N9O3/c1-22(25-11-16-29(39)28(17-25)31-45-21-47-52(31)33(40)41)51-32(54)37(20-36(2,3)38(42,43)44,49-34(51)48-35(55)56-19-23-7-5-4-6-8-23)26-12-9-24(10-13-26)30-18-46-53(50-30)27-14-15-27/h4-13,16-18,21-22,27,33H,1,14-15,19-20H2,2-3H3,(H,48,49,55)/t22-,37+/m0/s1. The maximum Gasteiger partial charge on any atom is 0.437 e. The predicted molar refractivity (Wildman–Crippen MR) is 194 cm³/mol. The molecule has 2 atom stereocenters. The van der Waals surface area contributed by atoms with Crippen molar-refractivity contribution in [1.29, 1.82) is 0 Å². The van der Waals surface area contributed by atoms with Crippen LogP contribution in [0.4, 0.5) is 26.7 Å². The average Bonchev–Trinajstić information content (AvgIpc) is 3.55. The zero-order valence-electron chi connectivity index (χ0n) is 29.9. The van der Waals surface area contributed by atoms with E-state index >= 15 is 4.79 Å². The van der Waals surface area contributed by atoms with Crippen LogP contribution in [0.5, 0.6) is 0 Å². The number of aromatic nitrogens is 6. The molecular weight excluding hydrogens is 761 g/mol. The molecule has 291 valence electrons. The number of rotatable bonds is 11. The summed E-state index contributed by atoms with van der Waals surface area (Å²) in [4.78, 5) is 38.9. The highest BCUT2D eigenvalue weighted by molar-refractivity contribution is 6.33. The predicted octanol–water partition coefficient (Wildman–Crippen LogP) is 8.46. The van der Waals surface area contributed by atoms with Crippen molar-refractivity contribution in [3.63, 3.8) is 0 Å². The van der Waals surface area contributed by atoms with Gasteiger partial charge in [-0.15, -0.1) is 4.99 Å². The Morgan fingerprint density at radius 1 is 1.07 bits per heavy atom. The van der Waals surface area contributed by atoms with Crippen LogP contribution in [-0.2, 0) is 21.7 Å². The summed E-state index contributed by atoms with van der Waals surface area (Å²) < 4.78 is 77.4. The van der Waals surface area contributed by atoms with Crippen LogP contribution in [0, 0.1) is 12.3 Å². The SMILES string of the molecule is [CH2][C@@H](c1ccc(Cl)c(-c2ncnn2C(F)F)c1)N1C(=O)[C@@](CC(C)(C)C(F)(F)F)(c2ccc(-c3cnn(C4CC4)n3)cc2)N/C1=N/C(=O)OCc1ccccc1. The number of halogens is 6. The molecule has 5 aromatic rings. The number of ether oxygens (including phenoxy) is 1. The Bertz CT molecular complexity index is 2270. The number of nitrogens with one attached hydrogen (secondary N) is 1. The van der Waals surface area contributed by atoms with Crippen molar-refractivity contribution in [2.45, 2.75) is 70.1 Å². The lowest BCUT2D eigenvalue weighted by molar-refractivity contribution is -0.218. The Morgan fingerprint density at radius 2 is 1.79 bits per heavy atom. The fourth-order valence-corrected chi connectivity index (χ4v) is 6.67. The van der Waals surface area contributed by atoms with Crippen LogP contribution in [0.3, 0.4) is 0 Å². The van der Waals surface area contributed by atoms with Gasteiger partial charge in [0.05, 0.1) is 28.7 Å². The lowest BCUT2D eigenvalue weighted by Crippen LogP contribution is -2.50. The molecule has 2 fully saturated rings. The molecule has 1 aliphatic heterocycles. The molecule has 12 nitrogen and oxygen atoms in total. The smallest absolute Gasteiger partial charge is 0.437 e. The van der Waals surface area contributed by atoms with Gasteiger partial charge in [0.25, 0.3) is 5.91 Å². The molecule has 0 spiro atoms. The third-order valence-corrected chi connectivity index (χ3v) is 10.1. The van der Waals surface area contributed by atoms with Crippen molar-refractivity contribution >= 4 is 29.6 Å². The van der Waals surface area contributed by atoms with E-state index in [1.165, 1.54) is 30.3 Å². The average molecular weight is 795 g/mol. The van der Waals surface area contributed by atoms with Crippen LogP contribution in [0.15, 0.2) is 90.3 Å². The minimum absolute atomic E-state index is 0.00894. The fraction of sp³-hybridized carbons (Fsp3) is 0.316. The monoisotopic (exact) mass is 794 g/mol. The van der Waals surface area contributed by atoms with Crippen LogP contribution < -0.4 is 5.32 Å². The molecule has 7 rings (SSSR count). The molecule has 1 radical (unpaired) electrons. The maximum atomic E-state index is 15.0. The van der Waals surface area contributed by atoms with Crippen LogP contribution in [0.1, 0.15) is 68.4 Å². The summed E-state index contributed by atoms with van der Waals surface area (Å²) in [5.74, 6) is -1.67. The molecule has 56 heavy (non-hydrogen) atoms. The summed E-state index contributed by atoms with van der Waals surface area (Å²) in [6.45, 7) is 2.81. The summed E-state index contributed by atoms with van der Waals surface area (Å²) in [6.07, 6.45) is -2.35. The van der Waals surface area contributed by atoms with Crippen LogP contribution in [-0.4, -0.2) is 58.8 Å². The number of nitrogens with zero attached hydrogens (tertiary/aromatic N) is 8. The first-order valence-electron chi connectivity index (χ1n) is 17.4. The number of amides is 2. The van der Waals surface area contributed by atoms with Crippen LogP contribution >= 0.6 is 11.6 Å². The number of hydrogen-bond acceptors (Lipinski definition) is 7. The van der Waals surface area contributed by atoms with E-state index in [-0.39, 0.29) is 40.2 Å². The Kier molecular flexibility index (Phi) is 10.2. The Morgan fingerprint density at radius 3 is 2.45 bits per heavy atom. The summed E-state index contributed by atoms with van der Waals surface area (Å²) in [5.41, 5.74) is -2.55. The molecule has 1 N–H and O–H groups in total. The lowest BCUT2D eigenvalue weighted by atomic mass is 9.74. The number of aliphatic imine (C=N–C) groups is 1. The molecular formula is C38H34ClF5N9O3. The lowest BCUT2D eigenvalue weighted by Gasteiger charge is -2.37. The topological polar surface area (TPSA) is 132 Å². The van der Waals surface area contributed by atoms with E-state index in [0.717, 1.165) is 37.9 Å². The second kappa shape index (κ2) is 14.7. The summed E-state index contributed by atoms with van der Waals surface area (Å²) in [5, 5.41) is 15.3. The fourth-order valence-electron chi connectivity index (χ4n) is 6.47. The normalized spacial score (nSPS) is 18.8. The molecule has 2 aliphatic rings. The van der Waals surface area contributed by atoms with E-state index in [0.29, 0.717) is 21.5 Å². The quantitative estimate of drug-likeness (QED) is 0.132. The maximum absolute atomic E-state index is 15.0. The Balaban J connectivity index is 1.32. The molecule has 18 heteroatoms. The van der Waals surface area contributed by atoms with E-state index in [1.54, 1.807) is 53.5 Å². The van der Waals surface area contributed by atoms with Crippen molar-refractivity contribution < 1.29 is 36.3 Å². The zero-order chi connectivity index (χ0) is 40.0. The highest BCUT2D eigenvalue weighted by Crippen LogP contribution is 2.49. The van der Waals surface area contributed by atoms with Crippen molar-refractivity contribution in [1.82, 2.24) is 40.0 Å². The van der Waals surface area contributed by atoms with Gasteiger partial charge in [-0.25, -0.2) is 9.78 Å². The van der Waals surface area contributed by atoms with Crippen LogP contribution in [0.2, 0.25) is 5.02 Å². The van der Waals surface area contributed by atoms with Gasteiger partial charge in [0.2, 0.25) is 5.96 Å². The highest BCUT2D eigenvalue weighted by atomic mass is 35.5. The van der Waals surface area contributed by atoms with Gasteiger partial charge in [0.1, 0.15) is 24.2 Å². The van der Waals surface area contributed by atoms with E-state index in [4.69, 9.17) is 16.3 Å². The third-order valence-electron chi connectivity index (χ3n) is 9.76. The number of benzene rings is 3. The molecule has 1 saturated heterocycles. The molecule has 2 aromatic heterocycles. The Labute approximate surface area is 322 Å². The summed E-state index contributed by atoms with van der Waals surface area (Å²) in [7, 11) is 0. The van der Waals surface area contributed by atoms with E-state index in [2.05, 4.69) is 37.5 Å². The second-order valence-corrected chi connectivity index (χ2v) is 14.6. The number of guanidine groups is 1. The van der Waals surface area contributed by atoms with Gasteiger partial charge in [0.15, 0.2) is 5.82 Å². The van der Waals surface area contributed by atoms with Gasteiger partial charge in [0, 0.05) is 11.1 Å². The van der Waals surface area contributed by atoms with E-state index < -0.39 is 54.1 Å². The molecule has 1 saturated carbocycles. The molecule has 0 unspecified atom stereocenters. The zero-order valence-corrected chi connectivity index (χ0v) is 30.7. The number of carbonyl (C=O) groups is 2. The number of alkyl halides is 5. The van der Waals surface area contributed by atoms with Gasteiger partial charge >= 0.3 is 18.8 Å². The second-order valence-electron chi connectivity index (χ2n) is 14.2. The largest absolute Gasteiger partial charge is 0.443 e. The highest BCUT2D eigenvalue weighted by Gasteiger charge is 2.60. The van der Waals surface area contributed by atoms with E-state index in [9.17, 15) is 26.7 Å². The van der Waals surface area contributed by atoms with Crippen LogP contribution in [0.25, 0.3) is 22.6 Å². The van der Waals surface area contributed by atoms with Crippen molar-refractivity contribution in [2.24, 2.45) is 10.4 Å².